The van der Waals surface area contributed by atoms with Crippen LogP contribution < -0.4 is 11.1 Å². The van der Waals surface area contributed by atoms with E-state index in [1.807, 2.05) is 25.1 Å². The number of aryl methyl sites for hydroxylation is 1. The first kappa shape index (κ1) is 15.6. The molecule has 1 amide bonds. The highest BCUT2D eigenvalue weighted by Crippen LogP contribution is 2.48. The molecule has 0 unspecified atom stereocenters. The Kier molecular flexibility index (Phi) is 5.03. The van der Waals surface area contributed by atoms with Gasteiger partial charge in [0.05, 0.1) is 6.54 Å². The molecule has 1 aliphatic carbocycles. The average Bonchev–Trinajstić information content (AvgIpc) is 3.24. The molecule has 3 heteroatoms. The number of rotatable bonds is 5. The second kappa shape index (κ2) is 6.78. The number of hydrogen-bond acceptors (Lipinski definition) is 2. The lowest BCUT2D eigenvalue weighted by molar-refractivity contribution is 0.0943. The minimum absolute atomic E-state index is 0.0128. The van der Waals surface area contributed by atoms with Gasteiger partial charge >= 0.3 is 0 Å². The molecule has 0 aliphatic heterocycles. The van der Waals surface area contributed by atoms with Crippen molar-refractivity contribution in [2.75, 3.05) is 13.1 Å². The van der Waals surface area contributed by atoms with Gasteiger partial charge in [0.15, 0.2) is 0 Å². The third kappa shape index (κ3) is 4.09. The van der Waals surface area contributed by atoms with Crippen LogP contribution in [0.4, 0.5) is 0 Å². The van der Waals surface area contributed by atoms with E-state index in [2.05, 4.69) is 24.1 Å². The first-order chi connectivity index (χ1) is 10.1. The van der Waals surface area contributed by atoms with Gasteiger partial charge in [0, 0.05) is 17.7 Å². The molecule has 1 saturated carbocycles. The van der Waals surface area contributed by atoms with Crippen LogP contribution in [0.3, 0.4) is 0 Å². The van der Waals surface area contributed by atoms with Crippen LogP contribution in [-0.2, 0) is 0 Å². The van der Waals surface area contributed by atoms with Gasteiger partial charge < -0.3 is 11.1 Å². The standard InChI is InChI=1S/C18H24N2O/c1-3-8-18(9-10-18)13-20-17(21)16-7-6-15(5-4-11-19)14(2)12-16/h6-7,12H,3,8-11,13,19H2,1-2H3,(H,20,21). The molecule has 0 bridgehead atoms. The maximum atomic E-state index is 12.2. The Balaban J connectivity index is 1.98. The van der Waals surface area contributed by atoms with E-state index in [1.165, 1.54) is 25.7 Å². The van der Waals surface area contributed by atoms with E-state index >= 15 is 0 Å². The summed E-state index contributed by atoms with van der Waals surface area (Å²) >= 11 is 0. The summed E-state index contributed by atoms with van der Waals surface area (Å²) in [7, 11) is 0. The molecular formula is C18H24N2O. The second-order valence-corrected chi connectivity index (χ2v) is 5.97. The van der Waals surface area contributed by atoms with Gasteiger partial charge in [0.25, 0.3) is 5.91 Å². The number of carbonyl (C=O) groups excluding carboxylic acids is 1. The molecule has 0 radical (unpaired) electrons. The summed E-state index contributed by atoms with van der Waals surface area (Å²) in [6, 6.07) is 5.63. The molecule has 2 rings (SSSR count). The van der Waals surface area contributed by atoms with E-state index in [0.29, 0.717) is 17.5 Å². The summed E-state index contributed by atoms with van der Waals surface area (Å²) in [6.07, 6.45) is 4.88. The van der Waals surface area contributed by atoms with Crippen molar-refractivity contribution in [2.24, 2.45) is 11.1 Å². The summed E-state index contributed by atoms with van der Waals surface area (Å²) in [5.74, 6) is 5.87. The zero-order chi connectivity index (χ0) is 15.3. The predicted molar refractivity (Wildman–Crippen MR) is 86.0 cm³/mol. The van der Waals surface area contributed by atoms with Crippen LogP contribution in [0.15, 0.2) is 18.2 Å². The van der Waals surface area contributed by atoms with Crippen LogP contribution in [0.2, 0.25) is 0 Å². The number of benzene rings is 1. The Morgan fingerprint density at radius 1 is 1.43 bits per heavy atom. The number of amides is 1. The van der Waals surface area contributed by atoms with E-state index in [1.54, 1.807) is 0 Å². The smallest absolute Gasteiger partial charge is 0.251 e. The molecule has 112 valence electrons. The van der Waals surface area contributed by atoms with E-state index < -0.39 is 0 Å². The fourth-order valence-corrected chi connectivity index (χ4v) is 2.68. The number of nitrogens with two attached hydrogens (primary N) is 1. The quantitative estimate of drug-likeness (QED) is 0.817. The van der Waals surface area contributed by atoms with Crippen LogP contribution >= 0.6 is 0 Å². The fourth-order valence-electron chi connectivity index (χ4n) is 2.68. The highest BCUT2D eigenvalue weighted by Gasteiger charge is 2.41. The monoisotopic (exact) mass is 284 g/mol. The molecule has 1 aromatic rings. The minimum atomic E-state index is 0.0128. The zero-order valence-corrected chi connectivity index (χ0v) is 13.0. The van der Waals surface area contributed by atoms with Crippen LogP contribution in [0.1, 0.15) is 54.1 Å². The molecule has 0 atom stereocenters. The summed E-state index contributed by atoms with van der Waals surface area (Å²) in [5.41, 5.74) is 8.41. The van der Waals surface area contributed by atoms with Gasteiger partial charge in [-0.3, -0.25) is 4.79 Å². The lowest BCUT2D eigenvalue weighted by Gasteiger charge is -2.15. The average molecular weight is 284 g/mol. The molecule has 0 aromatic heterocycles. The molecule has 1 fully saturated rings. The zero-order valence-electron chi connectivity index (χ0n) is 13.0. The first-order valence-electron chi connectivity index (χ1n) is 7.68. The topological polar surface area (TPSA) is 55.1 Å². The Morgan fingerprint density at radius 2 is 2.19 bits per heavy atom. The van der Waals surface area contributed by atoms with Gasteiger partial charge in [-0.25, -0.2) is 0 Å². The second-order valence-electron chi connectivity index (χ2n) is 5.97. The molecule has 3 N–H and O–H groups in total. The Labute approximate surface area is 127 Å². The van der Waals surface area contributed by atoms with Crippen molar-refractivity contribution in [3.63, 3.8) is 0 Å². The van der Waals surface area contributed by atoms with Crippen molar-refractivity contribution in [1.29, 1.82) is 0 Å². The Morgan fingerprint density at radius 3 is 2.76 bits per heavy atom. The summed E-state index contributed by atoms with van der Waals surface area (Å²) in [6.45, 7) is 5.32. The Bertz CT molecular complexity index is 577. The highest BCUT2D eigenvalue weighted by atomic mass is 16.1. The van der Waals surface area contributed by atoms with E-state index in [0.717, 1.165) is 17.7 Å². The number of nitrogens with one attached hydrogen (secondary N) is 1. The van der Waals surface area contributed by atoms with Gasteiger partial charge in [-0.2, -0.15) is 0 Å². The SMILES string of the molecule is CCCC1(CNC(=O)c2ccc(C#CCN)c(C)c2)CC1. The normalized spacial score (nSPS) is 15.0. The summed E-state index contributed by atoms with van der Waals surface area (Å²) in [4.78, 5) is 12.2. The lowest BCUT2D eigenvalue weighted by atomic mass is 10.0. The van der Waals surface area contributed by atoms with Gasteiger partial charge in [-0.15, -0.1) is 0 Å². The molecule has 1 aliphatic rings. The van der Waals surface area contributed by atoms with Crippen LogP contribution in [0.25, 0.3) is 0 Å². The summed E-state index contributed by atoms with van der Waals surface area (Å²) in [5, 5.41) is 3.08. The van der Waals surface area contributed by atoms with Crippen molar-refractivity contribution < 1.29 is 4.79 Å². The molecule has 1 aromatic carbocycles. The highest BCUT2D eigenvalue weighted by molar-refractivity contribution is 5.94. The van der Waals surface area contributed by atoms with Crippen molar-refractivity contribution in [3.05, 3.63) is 34.9 Å². The van der Waals surface area contributed by atoms with Crippen LogP contribution in [0.5, 0.6) is 0 Å². The molecule has 0 saturated heterocycles. The van der Waals surface area contributed by atoms with Gasteiger partial charge in [0.2, 0.25) is 0 Å². The van der Waals surface area contributed by atoms with E-state index in [4.69, 9.17) is 5.73 Å². The van der Waals surface area contributed by atoms with Crippen molar-refractivity contribution >= 4 is 5.91 Å². The molecular weight excluding hydrogens is 260 g/mol. The fraction of sp³-hybridized carbons (Fsp3) is 0.500. The van der Waals surface area contributed by atoms with Gasteiger partial charge in [-0.05, 0) is 55.4 Å². The first-order valence-corrected chi connectivity index (χ1v) is 7.68. The number of carbonyl (C=O) groups is 1. The van der Waals surface area contributed by atoms with Crippen molar-refractivity contribution in [3.8, 4) is 11.8 Å². The predicted octanol–water partition coefficient (Wildman–Crippen LogP) is 2.62. The lowest BCUT2D eigenvalue weighted by Crippen LogP contribution is -2.30. The summed E-state index contributed by atoms with van der Waals surface area (Å²) < 4.78 is 0. The van der Waals surface area contributed by atoms with E-state index in [9.17, 15) is 4.79 Å². The molecule has 3 nitrogen and oxygen atoms in total. The maximum absolute atomic E-state index is 12.2. The van der Waals surface area contributed by atoms with Gasteiger partial charge in [0.1, 0.15) is 0 Å². The number of hydrogen-bond donors (Lipinski definition) is 2. The molecule has 0 heterocycles. The third-order valence-electron chi connectivity index (χ3n) is 4.18. The van der Waals surface area contributed by atoms with Crippen molar-refractivity contribution in [2.45, 2.75) is 39.5 Å². The minimum Gasteiger partial charge on any atom is -0.351 e. The van der Waals surface area contributed by atoms with Crippen LogP contribution in [0, 0.1) is 24.2 Å². The maximum Gasteiger partial charge on any atom is 0.251 e. The third-order valence-corrected chi connectivity index (χ3v) is 4.18. The van der Waals surface area contributed by atoms with Crippen molar-refractivity contribution in [1.82, 2.24) is 5.32 Å². The molecule has 0 spiro atoms. The molecule has 21 heavy (non-hydrogen) atoms. The van der Waals surface area contributed by atoms with Gasteiger partial charge in [-0.1, -0.05) is 25.2 Å². The van der Waals surface area contributed by atoms with E-state index in [-0.39, 0.29) is 5.91 Å². The Hall–Kier alpha value is -1.79. The van der Waals surface area contributed by atoms with Crippen LogP contribution in [-0.4, -0.2) is 19.0 Å². The largest absolute Gasteiger partial charge is 0.351 e.